The fourth-order valence-electron chi connectivity index (χ4n) is 2.93. The second-order valence-corrected chi connectivity index (χ2v) is 6.14. The van der Waals surface area contributed by atoms with Gasteiger partial charge in [-0.2, -0.15) is 5.10 Å². The van der Waals surface area contributed by atoms with E-state index in [0.29, 0.717) is 5.56 Å². The summed E-state index contributed by atoms with van der Waals surface area (Å²) in [6, 6.07) is 19.7. The topological polar surface area (TPSA) is 47.3 Å². The van der Waals surface area contributed by atoms with Crippen LogP contribution in [0.5, 0.6) is 0 Å². The molecular formula is C21H17N3O. The molecule has 0 saturated heterocycles. The van der Waals surface area contributed by atoms with Crippen molar-refractivity contribution in [1.82, 2.24) is 14.6 Å². The van der Waals surface area contributed by atoms with Gasteiger partial charge < -0.3 is 0 Å². The van der Waals surface area contributed by atoms with Gasteiger partial charge in [0.1, 0.15) is 0 Å². The highest BCUT2D eigenvalue weighted by molar-refractivity contribution is 5.95. The van der Waals surface area contributed by atoms with Crippen LogP contribution in [-0.2, 0) is 0 Å². The van der Waals surface area contributed by atoms with Gasteiger partial charge in [0.25, 0.3) is 0 Å². The number of benzene rings is 2. The highest BCUT2D eigenvalue weighted by Gasteiger charge is 2.10. The number of nitrogens with zero attached hydrogens (tertiary/aromatic N) is 3. The van der Waals surface area contributed by atoms with E-state index in [-0.39, 0.29) is 5.78 Å². The summed E-state index contributed by atoms with van der Waals surface area (Å²) in [6.45, 7) is 3.64. The van der Waals surface area contributed by atoms with Gasteiger partial charge in [-0.05, 0) is 38.1 Å². The van der Waals surface area contributed by atoms with E-state index in [9.17, 15) is 4.79 Å². The monoisotopic (exact) mass is 327 g/mol. The van der Waals surface area contributed by atoms with Crippen molar-refractivity contribution < 1.29 is 4.79 Å². The molecule has 0 saturated carbocycles. The third-order valence-corrected chi connectivity index (χ3v) is 4.24. The zero-order chi connectivity index (χ0) is 17.4. The molecule has 0 bridgehead atoms. The second-order valence-electron chi connectivity index (χ2n) is 6.14. The lowest BCUT2D eigenvalue weighted by Gasteiger charge is -2.06. The highest BCUT2D eigenvalue weighted by Crippen LogP contribution is 2.24. The quantitative estimate of drug-likeness (QED) is 0.518. The van der Waals surface area contributed by atoms with Crippen molar-refractivity contribution in [2.45, 2.75) is 13.8 Å². The Balaban J connectivity index is 1.86. The molecule has 25 heavy (non-hydrogen) atoms. The average Bonchev–Trinajstić information content (AvgIpc) is 3.05. The molecule has 0 aliphatic heterocycles. The molecule has 0 fully saturated rings. The molecule has 0 aliphatic rings. The molecule has 0 radical (unpaired) electrons. The molecule has 0 atom stereocenters. The molecule has 4 rings (SSSR count). The van der Waals surface area contributed by atoms with Gasteiger partial charge in [-0.1, -0.05) is 42.0 Å². The maximum atomic E-state index is 11.6. The van der Waals surface area contributed by atoms with Crippen LogP contribution in [0.3, 0.4) is 0 Å². The highest BCUT2D eigenvalue weighted by atomic mass is 16.1. The van der Waals surface area contributed by atoms with Crippen molar-refractivity contribution in [3.05, 3.63) is 78.0 Å². The van der Waals surface area contributed by atoms with Gasteiger partial charge in [0.05, 0.1) is 17.6 Å². The van der Waals surface area contributed by atoms with Crippen molar-refractivity contribution >= 4 is 11.4 Å². The predicted molar refractivity (Wildman–Crippen MR) is 98.6 cm³/mol. The second kappa shape index (κ2) is 5.98. The maximum absolute atomic E-state index is 11.6. The Kier molecular flexibility index (Phi) is 3.65. The van der Waals surface area contributed by atoms with Gasteiger partial charge in [0.2, 0.25) is 0 Å². The molecule has 4 heteroatoms. The molecule has 0 unspecified atom stereocenters. The first-order valence-electron chi connectivity index (χ1n) is 8.15. The van der Waals surface area contributed by atoms with Crippen LogP contribution in [0.2, 0.25) is 0 Å². The Morgan fingerprint density at radius 3 is 2.56 bits per heavy atom. The Labute approximate surface area is 145 Å². The number of fused-ring (bicyclic) bond motifs is 1. The first-order valence-corrected chi connectivity index (χ1v) is 8.15. The molecule has 2 heterocycles. The lowest BCUT2D eigenvalue weighted by molar-refractivity contribution is 0.101. The number of hydrogen-bond acceptors (Lipinski definition) is 3. The van der Waals surface area contributed by atoms with Crippen molar-refractivity contribution in [1.29, 1.82) is 0 Å². The number of aromatic nitrogens is 3. The lowest BCUT2D eigenvalue weighted by atomic mass is 10.1. The van der Waals surface area contributed by atoms with E-state index in [1.807, 2.05) is 53.2 Å². The largest absolute Gasteiger partial charge is 0.295 e. The molecule has 2 aromatic carbocycles. The minimum Gasteiger partial charge on any atom is -0.295 e. The Morgan fingerprint density at radius 1 is 0.960 bits per heavy atom. The van der Waals surface area contributed by atoms with Crippen LogP contribution in [0.4, 0.5) is 0 Å². The van der Waals surface area contributed by atoms with Crippen LogP contribution in [0.25, 0.3) is 28.2 Å². The minimum absolute atomic E-state index is 0.0472. The van der Waals surface area contributed by atoms with Crippen LogP contribution in [-0.4, -0.2) is 20.4 Å². The number of aryl methyl sites for hydroxylation is 1. The predicted octanol–water partition coefficient (Wildman–Crippen LogP) is 4.57. The van der Waals surface area contributed by atoms with E-state index >= 15 is 0 Å². The molecule has 0 N–H and O–H groups in total. The zero-order valence-electron chi connectivity index (χ0n) is 14.1. The summed E-state index contributed by atoms with van der Waals surface area (Å²) in [5.41, 5.74) is 6.42. The number of carbonyl (C=O) groups excluding carboxylic acids is 1. The van der Waals surface area contributed by atoms with Gasteiger partial charge in [0, 0.05) is 16.7 Å². The molecule has 0 aliphatic carbocycles. The summed E-state index contributed by atoms with van der Waals surface area (Å²) >= 11 is 0. The standard InChI is InChI=1S/C21H17N3O/c1-14-5-3-8-18(11-14)20-13-22-21-10-9-19(23-24(20)21)17-7-4-6-16(12-17)15(2)25/h3-13H,1-2H3. The summed E-state index contributed by atoms with van der Waals surface area (Å²) in [7, 11) is 0. The number of ketones is 1. The van der Waals surface area contributed by atoms with Crippen LogP contribution < -0.4 is 0 Å². The third-order valence-electron chi connectivity index (χ3n) is 4.24. The van der Waals surface area contributed by atoms with Gasteiger partial charge in [-0.25, -0.2) is 9.50 Å². The third kappa shape index (κ3) is 2.83. The first-order chi connectivity index (χ1) is 12.1. The summed E-state index contributed by atoms with van der Waals surface area (Å²) in [5.74, 6) is 0.0472. The number of rotatable bonds is 3. The molecule has 0 spiro atoms. The molecule has 4 nitrogen and oxygen atoms in total. The number of Topliss-reactive ketones (excluding diaryl/α,β-unsaturated/α-hetero) is 1. The SMILES string of the molecule is CC(=O)c1cccc(-c2ccc3ncc(-c4cccc(C)c4)n3n2)c1. The lowest BCUT2D eigenvalue weighted by Crippen LogP contribution is -1.98. The van der Waals surface area contributed by atoms with Crippen molar-refractivity contribution in [2.75, 3.05) is 0 Å². The molecule has 2 aromatic heterocycles. The summed E-state index contributed by atoms with van der Waals surface area (Å²) in [4.78, 5) is 16.1. The van der Waals surface area contributed by atoms with Gasteiger partial charge in [-0.3, -0.25) is 4.79 Å². The van der Waals surface area contributed by atoms with Crippen LogP contribution in [0.1, 0.15) is 22.8 Å². The van der Waals surface area contributed by atoms with Crippen molar-refractivity contribution in [2.24, 2.45) is 0 Å². The number of imidazole rings is 1. The van der Waals surface area contributed by atoms with E-state index in [1.165, 1.54) is 5.56 Å². The molecule has 122 valence electrons. The first kappa shape index (κ1) is 15.3. The average molecular weight is 327 g/mol. The van der Waals surface area contributed by atoms with Gasteiger partial charge >= 0.3 is 0 Å². The number of hydrogen-bond donors (Lipinski definition) is 0. The molecule has 0 amide bonds. The smallest absolute Gasteiger partial charge is 0.159 e. The van der Waals surface area contributed by atoms with Gasteiger partial charge in [0.15, 0.2) is 11.4 Å². The summed E-state index contributed by atoms with van der Waals surface area (Å²) < 4.78 is 1.85. The fourth-order valence-corrected chi connectivity index (χ4v) is 2.93. The Bertz CT molecular complexity index is 1100. The minimum atomic E-state index is 0.0472. The van der Waals surface area contributed by atoms with Crippen LogP contribution >= 0.6 is 0 Å². The summed E-state index contributed by atoms with van der Waals surface area (Å²) in [5, 5.41) is 4.75. The molecular weight excluding hydrogens is 310 g/mol. The van der Waals surface area contributed by atoms with Crippen LogP contribution in [0.15, 0.2) is 66.9 Å². The van der Waals surface area contributed by atoms with E-state index in [1.54, 1.807) is 6.92 Å². The fraction of sp³-hybridized carbons (Fsp3) is 0.0952. The van der Waals surface area contributed by atoms with E-state index in [2.05, 4.69) is 30.1 Å². The molecule has 4 aromatic rings. The zero-order valence-corrected chi connectivity index (χ0v) is 14.1. The van der Waals surface area contributed by atoms with Crippen LogP contribution in [0, 0.1) is 6.92 Å². The van der Waals surface area contributed by atoms with E-state index in [0.717, 1.165) is 28.2 Å². The van der Waals surface area contributed by atoms with E-state index < -0.39 is 0 Å². The maximum Gasteiger partial charge on any atom is 0.159 e. The van der Waals surface area contributed by atoms with Gasteiger partial charge in [-0.15, -0.1) is 0 Å². The Morgan fingerprint density at radius 2 is 1.76 bits per heavy atom. The van der Waals surface area contributed by atoms with E-state index in [4.69, 9.17) is 5.10 Å². The van der Waals surface area contributed by atoms with Crippen molar-refractivity contribution in [3.63, 3.8) is 0 Å². The Hall–Kier alpha value is -3.27. The van der Waals surface area contributed by atoms with Crippen molar-refractivity contribution in [3.8, 4) is 22.5 Å². The normalized spacial score (nSPS) is 11.0. The summed E-state index contributed by atoms with van der Waals surface area (Å²) in [6.07, 6.45) is 1.84. The number of carbonyl (C=O) groups is 1.